The zero-order valence-electron chi connectivity index (χ0n) is 19.5. The van der Waals surface area contributed by atoms with Gasteiger partial charge in [-0.25, -0.2) is 4.98 Å². The third kappa shape index (κ3) is 5.18. The van der Waals surface area contributed by atoms with E-state index in [-0.39, 0.29) is 42.2 Å². The fraction of sp³-hybridized carbons (Fsp3) is 0.478. The second kappa shape index (κ2) is 10.4. The van der Waals surface area contributed by atoms with Crippen LogP contribution in [0, 0.1) is 5.92 Å². The summed E-state index contributed by atoms with van der Waals surface area (Å²) in [6.07, 6.45) is 9.31. The highest BCUT2D eigenvalue weighted by Crippen LogP contribution is 2.33. The number of amides is 2. The summed E-state index contributed by atoms with van der Waals surface area (Å²) in [6.45, 7) is 7.13. The molecule has 3 aliphatic rings. The number of allylic oxidation sites excluding steroid dienone is 1. The highest BCUT2D eigenvalue weighted by atomic mass is 35.5. The Morgan fingerprint density at radius 3 is 2.79 bits per heavy atom. The van der Waals surface area contributed by atoms with Crippen molar-refractivity contribution < 1.29 is 14.3 Å². The van der Waals surface area contributed by atoms with E-state index in [0.717, 1.165) is 31.9 Å². The highest BCUT2D eigenvalue weighted by molar-refractivity contribution is 6.32. The number of rotatable bonds is 7. The van der Waals surface area contributed by atoms with Gasteiger partial charge in [0.15, 0.2) is 18.2 Å². The van der Waals surface area contributed by atoms with Crippen LogP contribution in [0.4, 0.5) is 11.8 Å². The summed E-state index contributed by atoms with van der Waals surface area (Å²) in [4.78, 5) is 37.6. The van der Waals surface area contributed by atoms with Gasteiger partial charge in [0.2, 0.25) is 5.95 Å². The molecule has 4 rings (SSSR count). The van der Waals surface area contributed by atoms with E-state index < -0.39 is 0 Å². The maximum absolute atomic E-state index is 13.0. The molecule has 1 saturated heterocycles. The van der Waals surface area contributed by atoms with E-state index in [1.807, 2.05) is 32.1 Å². The number of hydrogen-bond acceptors (Lipinski definition) is 8. The Morgan fingerprint density at radius 2 is 2.09 bits per heavy atom. The minimum Gasteiger partial charge on any atom is -0.478 e. The molecule has 0 aromatic carbocycles. The maximum atomic E-state index is 13.0. The molecule has 2 amide bonds. The van der Waals surface area contributed by atoms with Gasteiger partial charge in [0.05, 0.1) is 12.2 Å². The predicted octanol–water partition coefficient (Wildman–Crippen LogP) is 1.29. The van der Waals surface area contributed by atoms with E-state index in [9.17, 15) is 9.59 Å². The summed E-state index contributed by atoms with van der Waals surface area (Å²) in [5.74, 6) is 0.658. The lowest BCUT2D eigenvalue weighted by atomic mass is 9.87. The van der Waals surface area contributed by atoms with Gasteiger partial charge in [0, 0.05) is 50.9 Å². The van der Waals surface area contributed by atoms with E-state index in [1.165, 1.54) is 7.05 Å². The van der Waals surface area contributed by atoms with Crippen LogP contribution in [-0.2, 0) is 14.3 Å². The Hall–Kier alpha value is -3.11. The van der Waals surface area contributed by atoms with E-state index in [2.05, 4.69) is 30.8 Å². The number of carbonyl (C=O) groups excluding carboxylic acids is 2. The molecule has 2 unspecified atom stereocenters. The summed E-state index contributed by atoms with van der Waals surface area (Å²) in [5, 5.41) is 9.53. The van der Waals surface area contributed by atoms with Crippen LogP contribution < -0.4 is 20.9 Å². The fourth-order valence-corrected chi connectivity index (χ4v) is 4.35. The Morgan fingerprint density at radius 1 is 1.32 bits per heavy atom. The molecule has 0 saturated carbocycles. The normalized spacial score (nSPS) is 22.2. The number of anilines is 2. The minimum absolute atomic E-state index is 0.0437. The van der Waals surface area contributed by atoms with E-state index >= 15 is 0 Å². The summed E-state index contributed by atoms with van der Waals surface area (Å²) in [5.41, 5.74) is 0.799. The van der Waals surface area contributed by atoms with Crippen molar-refractivity contribution in [1.82, 2.24) is 25.5 Å². The minimum atomic E-state index is -0.299. The summed E-state index contributed by atoms with van der Waals surface area (Å²) in [6, 6.07) is -0.194. The van der Waals surface area contributed by atoms with Gasteiger partial charge >= 0.3 is 0 Å². The summed E-state index contributed by atoms with van der Waals surface area (Å²) < 4.78 is 5.56. The van der Waals surface area contributed by atoms with Gasteiger partial charge in [-0.05, 0) is 26.0 Å². The molecule has 182 valence electrons. The lowest BCUT2D eigenvalue weighted by Gasteiger charge is -2.41. The smallest absolute Gasteiger partial charge is 0.289 e. The lowest BCUT2D eigenvalue weighted by Crippen LogP contribution is -2.51. The van der Waals surface area contributed by atoms with Gasteiger partial charge in [-0.3, -0.25) is 9.59 Å². The van der Waals surface area contributed by atoms with Crippen molar-refractivity contribution in [3.63, 3.8) is 0 Å². The van der Waals surface area contributed by atoms with Gasteiger partial charge in [0.1, 0.15) is 5.02 Å². The van der Waals surface area contributed by atoms with Crippen LogP contribution in [0.1, 0.15) is 13.8 Å². The number of carbonyl (C=O) groups is 2. The number of likely N-dealkylation sites (N-methyl/N-ethyl adjacent to an activating group) is 1. The van der Waals surface area contributed by atoms with Crippen molar-refractivity contribution in [3.8, 4) is 0 Å². The first-order valence-electron chi connectivity index (χ1n) is 11.4. The fourth-order valence-electron chi connectivity index (χ4n) is 4.21. The van der Waals surface area contributed by atoms with Crippen LogP contribution in [0.15, 0.2) is 42.0 Å². The zero-order chi connectivity index (χ0) is 24.2. The van der Waals surface area contributed by atoms with Gasteiger partial charge in [-0.1, -0.05) is 23.8 Å². The van der Waals surface area contributed by atoms with Crippen molar-refractivity contribution >= 4 is 35.2 Å². The van der Waals surface area contributed by atoms with Crippen molar-refractivity contribution in [2.75, 3.05) is 50.1 Å². The monoisotopic (exact) mass is 487 g/mol. The van der Waals surface area contributed by atoms with Crippen LogP contribution in [0.5, 0.6) is 0 Å². The molecule has 34 heavy (non-hydrogen) atoms. The average molecular weight is 488 g/mol. The Bertz CT molecular complexity index is 1030. The van der Waals surface area contributed by atoms with Gasteiger partial charge in [-0.2, -0.15) is 4.98 Å². The van der Waals surface area contributed by atoms with Crippen LogP contribution >= 0.6 is 11.6 Å². The number of halogens is 1. The predicted molar refractivity (Wildman–Crippen MR) is 130 cm³/mol. The number of fused-ring (bicyclic) bond motifs is 1. The molecule has 0 bridgehead atoms. The molecular weight excluding hydrogens is 458 g/mol. The molecule has 1 aromatic heterocycles. The van der Waals surface area contributed by atoms with Gasteiger partial charge in [0.25, 0.3) is 11.8 Å². The number of nitrogens with zero attached hydrogens (tertiary/aromatic N) is 4. The second-order valence-corrected chi connectivity index (χ2v) is 8.98. The third-order valence-corrected chi connectivity index (χ3v) is 6.21. The Kier molecular flexibility index (Phi) is 7.38. The molecule has 0 radical (unpaired) electrons. The lowest BCUT2D eigenvalue weighted by molar-refractivity contribution is -0.137. The molecule has 10 nitrogen and oxygen atoms in total. The summed E-state index contributed by atoms with van der Waals surface area (Å²) in [7, 11) is 1.53. The molecule has 2 atom stereocenters. The maximum Gasteiger partial charge on any atom is 0.289 e. The molecule has 0 spiro atoms. The van der Waals surface area contributed by atoms with Crippen LogP contribution in [-0.4, -0.2) is 78.6 Å². The number of piperazine rings is 1. The molecule has 1 aromatic rings. The van der Waals surface area contributed by atoms with E-state index in [1.54, 1.807) is 17.2 Å². The topological polar surface area (TPSA) is 112 Å². The first-order chi connectivity index (χ1) is 16.4. The van der Waals surface area contributed by atoms with E-state index in [4.69, 9.17) is 16.3 Å². The van der Waals surface area contributed by atoms with Crippen LogP contribution in [0.3, 0.4) is 0 Å². The van der Waals surface area contributed by atoms with Gasteiger partial charge < -0.3 is 30.5 Å². The zero-order valence-corrected chi connectivity index (χ0v) is 20.3. The molecule has 11 heteroatoms. The highest BCUT2D eigenvalue weighted by Gasteiger charge is 2.38. The number of nitrogens with one attached hydrogen (secondary N) is 3. The molecule has 3 heterocycles. The molecule has 1 aliphatic carbocycles. The largest absolute Gasteiger partial charge is 0.478 e. The van der Waals surface area contributed by atoms with Crippen molar-refractivity contribution in [2.24, 2.45) is 5.92 Å². The first kappa shape index (κ1) is 24.0. The van der Waals surface area contributed by atoms with Gasteiger partial charge in [-0.15, -0.1) is 0 Å². The second-order valence-electron chi connectivity index (χ2n) is 8.58. The van der Waals surface area contributed by atoms with Crippen molar-refractivity contribution in [2.45, 2.75) is 25.9 Å². The standard InChI is InChI=1S/C23H30ClN7O3/c1-14(2)31-18-5-4-16(10-15(18)11-19(22(31)33)34-13-20(32)25-3)28-21-17(24)12-27-23(29-21)30-8-6-26-7-9-30/h4-5,10-12,14-15,18,26H,6-9,13H2,1-3H3,(H,25,32)(H,27,28,29). The first-order valence-corrected chi connectivity index (χ1v) is 11.8. The molecule has 1 fully saturated rings. The number of ether oxygens (including phenoxy) is 1. The quantitative estimate of drug-likeness (QED) is 0.527. The van der Waals surface area contributed by atoms with Crippen molar-refractivity contribution in [3.05, 3.63) is 47.0 Å². The van der Waals surface area contributed by atoms with E-state index in [0.29, 0.717) is 16.8 Å². The van der Waals surface area contributed by atoms with Crippen molar-refractivity contribution in [1.29, 1.82) is 0 Å². The molecule has 3 N–H and O–H groups in total. The molecule has 2 aliphatic heterocycles. The number of hydrogen-bond donors (Lipinski definition) is 3. The van der Waals surface area contributed by atoms with Crippen LogP contribution in [0.2, 0.25) is 5.02 Å². The Labute approximate surface area is 204 Å². The van der Waals surface area contributed by atoms with Crippen LogP contribution in [0.25, 0.3) is 0 Å². The number of aromatic nitrogens is 2. The SMILES string of the molecule is CNC(=O)COC1=CC2C=C(Nc3nc(N4CCNCC4)ncc3Cl)C=CC2N(C(C)C)C1=O. The Balaban J connectivity index is 1.56. The molecular formula is C23H30ClN7O3. The average Bonchev–Trinajstić information content (AvgIpc) is 2.84. The third-order valence-electron chi connectivity index (χ3n) is 5.94. The summed E-state index contributed by atoms with van der Waals surface area (Å²) >= 11 is 6.39.